The van der Waals surface area contributed by atoms with Gasteiger partial charge in [0.1, 0.15) is 16.6 Å². The average Bonchev–Trinajstić information content (AvgIpc) is 2.46. The maximum Gasteiger partial charge on any atom is 0.123 e. The first kappa shape index (κ1) is 13.5. The van der Waals surface area contributed by atoms with Crippen molar-refractivity contribution >= 4 is 17.2 Å². The SMILES string of the molecule is COc1ccc(CNC(=S)c2ccc(F)cc2)cc1. The molecule has 0 atom stereocenters. The number of methoxy groups -OCH3 is 1. The zero-order valence-corrected chi connectivity index (χ0v) is 11.3. The minimum absolute atomic E-state index is 0.262. The molecule has 0 saturated carbocycles. The third kappa shape index (κ3) is 3.76. The Hall–Kier alpha value is -1.94. The van der Waals surface area contributed by atoms with Crippen LogP contribution in [0.25, 0.3) is 0 Å². The van der Waals surface area contributed by atoms with Crippen molar-refractivity contribution in [3.05, 3.63) is 65.5 Å². The van der Waals surface area contributed by atoms with Crippen molar-refractivity contribution in [3.63, 3.8) is 0 Å². The molecule has 0 aliphatic carbocycles. The summed E-state index contributed by atoms with van der Waals surface area (Å²) in [5.41, 5.74) is 1.91. The van der Waals surface area contributed by atoms with Gasteiger partial charge in [-0.1, -0.05) is 24.4 Å². The summed E-state index contributed by atoms with van der Waals surface area (Å²) in [6.45, 7) is 0.625. The van der Waals surface area contributed by atoms with Crippen LogP contribution in [-0.4, -0.2) is 12.1 Å². The Morgan fingerprint density at radius 1 is 1.11 bits per heavy atom. The lowest BCUT2D eigenvalue weighted by Crippen LogP contribution is -2.21. The van der Waals surface area contributed by atoms with Gasteiger partial charge in [0.2, 0.25) is 0 Å². The summed E-state index contributed by atoms with van der Waals surface area (Å²) in [5.74, 6) is 0.562. The molecule has 0 aliphatic rings. The van der Waals surface area contributed by atoms with Gasteiger partial charge in [0.05, 0.1) is 7.11 Å². The molecule has 0 bridgehead atoms. The van der Waals surface area contributed by atoms with E-state index in [4.69, 9.17) is 17.0 Å². The minimum atomic E-state index is -0.262. The number of ether oxygens (including phenoxy) is 1. The van der Waals surface area contributed by atoms with Crippen LogP contribution in [0.5, 0.6) is 5.75 Å². The molecule has 2 aromatic rings. The third-order valence-electron chi connectivity index (χ3n) is 2.72. The summed E-state index contributed by atoms with van der Waals surface area (Å²) in [5, 5.41) is 3.14. The summed E-state index contributed by atoms with van der Waals surface area (Å²) in [6.07, 6.45) is 0. The molecule has 0 radical (unpaired) electrons. The van der Waals surface area contributed by atoms with Crippen molar-refractivity contribution in [2.45, 2.75) is 6.54 Å². The van der Waals surface area contributed by atoms with Crippen LogP contribution in [0.1, 0.15) is 11.1 Å². The Bertz CT molecular complexity index is 551. The van der Waals surface area contributed by atoms with Crippen molar-refractivity contribution in [3.8, 4) is 5.75 Å². The number of halogens is 1. The number of thiocarbonyl (C=S) groups is 1. The first-order valence-electron chi connectivity index (χ1n) is 5.86. The molecule has 19 heavy (non-hydrogen) atoms. The molecule has 0 saturated heterocycles. The number of hydrogen-bond donors (Lipinski definition) is 1. The Morgan fingerprint density at radius 3 is 2.32 bits per heavy atom. The molecule has 0 aliphatic heterocycles. The smallest absolute Gasteiger partial charge is 0.123 e. The molecule has 1 N–H and O–H groups in total. The van der Waals surface area contributed by atoms with E-state index in [9.17, 15) is 4.39 Å². The number of nitrogens with one attached hydrogen (secondary N) is 1. The molecule has 2 rings (SSSR count). The third-order valence-corrected chi connectivity index (χ3v) is 3.10. The van der Waals surface area contributed by atoms with E-state index in [1.807, 2.05) is 24.3 Å². The fourth-order valence-electron chi connectivity index (χ4n) is 1.63. The van der Waals surface area contributed by atoms with Crippen molar-refractivity contribution in [1.82, 2.24) is 5.32 Å². The molecule has 2 aromatic carbocycles. The highest BCUT2D eigenvalue weighted by Gasteiger charge is 2.01. The summed E-state index contributed by atoms with van der Waals surface area (Å²) in [4.78, 5) is 0.607. The normalized spacial score (nSPS) is 10.0. The molecule has 2 nitrogen and oxygen atoms in total. The van der Waals surface area contributed by atoms with Gasteiger partial charge in [-0.3, -0.25) is 0 Å². The summed E-state index contributed by atoms with van der Waals surface area (Å²) in [7, 11) is 1.64. The van der Waals surface area contributed by atoms with Crippen LogP contribution < -0.4 is 10.1 Å². The maximum atomic E-state index is 12.8. The molecule has 0 amide bonds. The number of rotatable bonds is 4. The van der Waals surface area contributed by atoms with Crippen molar-refractivity contribution in [2.24, 2.45) is 0 Å². The minimum Gasteiger partial charge on any atom is -0.497 e. The van der Waals surface area contributed by atoms with Gasteiger partial charge < -0.3 is 10.1 Å². The molecule has 0 aromatic heterocycles. The van der Waals surface area contributed by atoms with Crippen LogP contribution in [0.2, 0.25) is 0 Å². The zero-order chi connectivity index (χ0) is 13.7. The topological polar surface area (TPSA) is 21.3 Å². The summed E-state index contributed by atoms with van der Waals surface area (Å²) < 4.78 is 17.9. The second-order valence-electron chi connectivity index (χ2n) is 4.04. The average molecular weight is 275 g/mol. The molecule has 0 heterocycles. The van der Waals surface area contributed by atoms with Gasteiger partial charge in [-0.25, -0.2) is 4.39 Å². The van der Waals surface area contributed by atoms with E-state index >= 15 is 0 Å². The van der Waals surface area contributed by atoms with E-state index in [1.54, 1.807) is 19.2 Å². The molecular formula is C15H14FNOS. The van der Waals surface area contributed by atoms with E-state index < -0.39 is 0 Å². The standard InChI is InChI=1S/C15H14FNOS/c1-18-14-8-2-11(3-9-14)10-17-15(19)12-4-6-13(16)7-5-12/h2-9H,10H2,1H3,(H,17,19). The first-order valence-corrected chi connectivity index (χ1v) is 6.26. The fourth-order valence-corrected chi connectivity index (χ4v) is 1.84. The predicted molar refractivity (Wildman–Crippen MR) is 77.9 cm³/mol. The second-order valence-corrected chi connectivity index (χ2v) is 4.45. The van der Waals surface area contributed by atoms with E-state index in [1.165, 1.54) is 12.1 Å². The molecule has 98 valence electrons. The van der Waals surface area contributed by atoms with Crippen LogP contribution >= 0.6 is 12.2 Å². The van der Waals surface area contributed by atoms with Crippen LogP contribution in [0.4, 0.5) is 4.39 Å². The lowest BCUT2D eigenvalue weighted by Gasteiger charge is -2.08. The Labute approximate surface area is 117 Å². The summed E-state index contributed by atoms with van der Waals surface area (Å²) >= 11 is 5.25. The van der Waals surface area contributed by atoms with E-state index in [2.05, 4.69) is 5.32 Å². The lowest BCUT2D eigenvalue weighted by molar-refractivity contribution is 0.414. The number of hydrogen-bond acceptors (Lipinski definition) is 2. The van der Waals surface area contributed by atoms with Gasteiger partial charge in [0.25, 0.3) is 0 Å². The van der Waals surface area contributed by atoms with Gasteiger partial charge in [-0.2, -0.15) is 0 Å². The van der Waals surface area contributed by atoms with E-state index in [-0.39, 0.29) is 5.82 Å². The quantitative estimate of drug-likeness (QED) is 0.865. The van der Waals surface area contributed by atoms with Gasteiger partial charge in [-0.05, 0) is 42.0 Å². The molecule has 0 spiro atoms. The van der Waals surface area contributed by atoms with Gasteiger partial charge in [0.15, 0.2) is 0 Å². The van der Waals surface area contributed by atoms with Crippen LogP contribution in [0.15, 0.2) is 48.5 Å². The Balaban J connectivity index is 1.94. The highest BCUT2D eigenvalue weighted by molar-refractivity contribution is 7.80. The summed E-state index contributed by atoms with van der Waals surface area (Å²) in [6, 6.07) is 13.9. The molecule has 0 fully saturated rings. The number of benzene rings is 2. The van der Waals surface area contributed by atoms with Crippen molar-refractivity contribution in [1.29, 1.82) is 0 Å². The van der Waals surface area contributed by atoms with E-state index in [0.717, 1.165) is 16.9 Å². The van der Waals surface area contributed by atoms with Crippen molar-refractivity contribution in [2.75, 3.05) is 7.11 Å². The van der Waals surface area contributed by atoms with Gasteiger partial charge in [-0.15, -0.1) is 0 Å². The van der Waals surface area contributed by atoms with Crippen molar-refractivity contribution < 1.29 is 9.13 Å². The van der Waals surface area contributed by atoms with Gasteiger partial charge >= 0.3 is 0 Å². The van der Waals surface area contributed by atoms with Gasteiger partial charge in [0, 0.05) is 12.1 Å². The van der Waals surface area contributed by atoms with Crippen LogP contribution in [0.3, 0.4) is 0 Å². The largest absolute Gasteiger partial charge is 0.497 e. The highest BCUT2D eigenvalue weighted by Crippen LogP contribution is 2.11. The first-order chi connectivity index (χ1) is 9.19. The van der Waals surface area contributed by atoms with Crippen LogP contribution in [-0.2, 0) is 6.54 Å². The van der Waals surface area contributed by atoms with Crippen LogP contribution in [0, 0.1) is 5.82 Å². The molecule has 0 unspecified atom stereocenters. The molecular weight excluding hydrogens is 261 g/mol. The monoisotopic (exact) mass is 275 g/mol. The fraction of sp³-hybridized carbons (Fsp3) is 0.133. The van der Waals surface area contributed by atoms with E-state index in [0.29, 0.717) is 11.5 Å². The highest BCUT2D eigenvalue weighted by atomic mass is 32.1. The lowest BCUT2D eigenvalue weighted by atomic mass is 10.2. The second kappa shape index (κ2) is 6.29. The maximum absolute atomic E-state index is 12.8. The predicted octanol–water partition coefficient (Wildman–Crippen LogP) is 3.30. The molecule has 4 heteroatoms. The Kier molecular flexibility index (Phi) is 4.47. The zero-order valence-electron chi connectivity index (χ0n) is 10.5. The Morgan fingerprint density at radius 2 is 1.74 bits per heavy atom.